The minimum atomic E-state index is -0.500. The number of nitrogens with zero attached hydrogens (tertiary/aromatic N) is 3. The molecular weight excluding hydrogens is 332 g/mol. The van der Waals surface area contributed by atoms with Gasteiger partial charge in [-0.3, -0.25) is 19.6 Å². The number of nitrogens with one attached hydrogen (secondary N) is 1. The van der Waals surface area contributed by atoms with Gasteiger partial charge in [-0.1, -0.05) is 45.0 Å². The van der Waals surface area contributed by atoms with Crippen LogP contribution in [0.5, 0.6) is 0 Å². The Labute approximate surface area is 153 Å². The fourth-order valence-corrected chi connectivity index (χ4v) is 2.77. The van der Waals surface area contributed by atoms with Crippen LogP contribution in [0.2, 0.25) is 0 Å². The summed E-state index contributed by atoms with van der Waals surface area (Å²) in [6.45, 7) is 6.71. The summed E-state index contributed by atoms with van der Waals surface area (Å²) < 4.78 is 1.42. The van der Waals surface area contributed by atoms with Crippen molar-refractivity contribution in [2.24, 2.45) is 0 Å². The molecule has 1 aromatic heterocycles. The molecule has 140 valence electrons. The number of rotatable bonds is 9. The molecule has 7 nitrogen and oxygen atoms in total. The topological polar surface area (TPSA) is 90.1 Å². The van der Waals surface area contributed by atoms with E-state index in [-0.39, 0.29) is 24.1 Å². The van der Waals surface area contributed by atoms with Crippen molar-refractivity contribution in [1.29, 1.82) is 0 Å². The highest BCUT2D eigenvalue weighted by Gasteiger charge is 2.14. The first kappa shape index (κ1) is 19.6. The Bertz CT molecular complexity index is 739. The maximum absolute atomic E-state index is 12.2. The van der Waals surface area contributed by atoms with E-state index in [1.807, 2.05) is 6.92 Å². The van der Waals surface area contributed by atoms with Crippen LogP contribution in [-0.4, -0.2) is 20.6 Å². The summed E-state index contributed by atoms with van der Waals surface area (Å²) in [5.41, 5.74) is 2.32. The largest absolute Gasteiger partial charge is 0.349 e. The molecule has 0 radical (unpaired) electrons. The molecule has 7 heteroatoms. The zero-order chi connectivity index (χ0) is 19.1. The Kier molecular flexibility index (Phi) is 6.89. The van der Waals surface area contributed by atoms with Crippen LogP contribution in [-0.2, 0) is 11.3 Å². The van der Waals surface area contributed by atoms with E-state index in [0.29, 0.717) is 12.5 Å². The lowest BCUT2D eigenvalue weighted by Crippen LogP contribution is -2.29. The second-order valence-corrected chi connectivity index (χ2v) is 6.47. The molecule has 1 aromatic carbocycles. The molecular formula is C19H26N4O3. The summed E-state index contributed by atoms with van der Waals surface area (Å²) >= 11 is 0. The summed E-state index contributed by atoms with van der Waals surface area (Å²) in [6.07, 6.45) is 4.63. The number of hydrogen-bond donors (Lipinski definition) is 1. The Morgan fingerprint density at radius 2 is 1.88 bits per heavy atom. The lowest BCUT2D eigenvalue weighted by molar-refractivity contribution is -0.385. The molecule has 2 rings (SSSR count). The molecule has 2 unspecified atom stereocenters. The van der Waals surface area contributed by atoms with Crippen molar-refractivity contribution in [2.75, 3.05) is 0 Å². The van der Waals surface area contributed by atoms with E-state index in [9.17, 15) is 14.9 Å². The van der Waals surface area contributed by atoms with Gasteiger partial charge in [-0.15, -0.1) is 0 Å². The molecule has 2 atom stereocenters. The monoisotopic (exact) mass is 358 g/mol. The van der Waals surface area contributed by atoms with Crippen molar-refractivity contribution in [1.82, 2.24) is 15.1 Å². The van der Waals surface area contributed by atoms with Gasteiger partial charge < -0.3 is 5.32 Å². The van der Waals surface area contributed by atoms with Gasteiger partial charge in [0, 0.05) is 13.0 Å². The standard InChI is InChI=1S/C19H26N4O3/c1-4-14(3)15-6-8-16(9-7-15)18(5-2)21-19(24)10-11-22-13-17(12-20-22)23(25)26/h6-9,12-14,18H,4-5,10-11H2,1-3H3,(H,21,24). The van der Waals surface area contributed by atoms with Crippen LogP contribution in [0.4, 0.5) is 5.69 Å². The second-order valence-electron chi connectivity index (χ2n) is 6.47. The minimum absolute atomic E-state index is 0.0413. The van der Waals surface area contributed by atoms with Gasteiger partial charge in [0.05, 0.1) is 11.0 Å². The molecule has 0 fully saturated rings. The Morgan fingerprint density at radius 1 is 1.23 bits per heavy atom. The molecule has 1 N–H and O–H groups in total. The molecule has 1 heterocycles. The average molecular weight is 358 g/mol. The van der Waals surface area contributed by atoms with E-state index in [0.717, 1.165) is 18.4 Å². The first-order valence-electron chi connectivity index (χ1n) is 9.00. The third-order valence-electron chi connectivity index (χ3n) is 4.66. The van der Waals surface area contributed by atoms with E-state index in [2.05, 4.69) is 48.5 Å². The number of aromatic nitrogens is 2. The van der Waals surface area contributed by atoms with Gasteiger partial charge in [0.1, 0.15) is 12.4 Å². The highest BCUT2D eigenvalue weighted by molar-refractivity contribution is 5.76. The number of amides is 1. The van der Waals surface area contributed by atoms with E-state index in [1.54, 1.807) is 0 Å². The maximum Gasteiger partial charge on any atom is 0.306 e. The van der Waals surface area contributed by atoms with Gasteiger partial charge in [-0.05, 0) is 29.9 Å². The van der Waals surface area contributed by atoms with E-state index in [1.165, 1.54) is 22.6 Å². The summed E-state index contributed by atoms with van der Waals surface area (Å²) in [7, 11) is 0. The zero-order valence-corrected chi connectivity index (χ0v) is 15.5. The van der Waals surface area contributed by atoms with Crippen molar-refractivity contribution in [3.63, 3.8) is 0 Å². The Hall–Kier alpha value is -2.70. The zero-order valence-electron chi connectivity index (χ0n) is 15.5. The number of benzene rings is 1. The molecule has 0 aliphatic heterocycles. The summed E-state index contributed by atoms with van der Waals surface area (Å²) in [5.74, 6) is 0.429. The summed E-state index contributed by atoms with van der Waals surface area (Å²) in [6, 6.07) is 8.36. The Morgan fingerprint density at radius 3 is 2.42 bits per heavy atom. The van der Waals surface area contributed by atoms with Crippen LogP contribution in [0.15, 0.2) is 36.7 Å². The summed E-state index contributed by atoms with van der Waals surface area (Å²) in [4.78, 5) is 22.4. The van der Waals surface area contributed by atoms with Gasteiger partial charge >= 0.3 is 5.69 Å². The molecule has 0 spiro atoms. The van der Waals surface area contributed by atoms with Crippen LogP contribution in [0.3, 0.4) is 0 Å². The van der Waals surface area contributed by atoms with Crippen LogP contribution in [0.25, 0.3) is 0 Å². The highest BCUT2D eigenvalue weighted by atomic mass is 16.6. The SMILES string of the molecule is CCC(C)c1ccc(C(CC)NC(=O)CCn2cc([N+](=O)[O-])cn2)cc1. The maximum atomic E-state index is 12.2. The molecule has 0 aliphatic rings. The van der Waals surface area contributed by atoms with Crippen LogP contribution >= 0.6 is 0 Å². The lowest BCUT2D eigenvalue weighted by atomic mass is 9.95. The predicted octanol–water partition coefficient (Wildman–Crippen LogP) is 3.96. The van der Waals surface area contributed by atoms with Crippen molar-refractivity contribution in [3.05, 3.63) is 57.9 Å². The lowest BCUT2D eigenvalue weighted by Gasteiger charge is -2.19. The second kappa shape index (κ2) is 9.12. The molecule has 2 aromatic rings. The van der Waals surface area contributed by atoms with Gasteiger partial charge in [0.2, 0.25) is 5.91 Å². The third kappa shape index (κ3) is 5.15. The van der Waals surface area contributed by atoms with Gasteiger partial charge in [0.15, 0.2) is 0 Å². The number of carbonyl (C=O) groups is 1. The van der Waals surface area contributed by atoms with E-state index >= 15 is 0 Å². The molecule has 0 saturated heterocycles. The van der Waals surface area contributed by atoms with Crippen LogP contribution in [0.1, 0.15) is 63.1 Å². The van der Waals surface area contributed by atoms with Crippen molar-refractivity contribution < 1.29 is 9.72 Å². The molecule has 26 heavy (non-hydrogen) atoms. The smallest absolute Gasteiger partial charge is 0.306 e. The number of aryl methyl sites for hydroxylation is 1. The molecule has 0 aliphatic carbocycles. The molecule has 0 bridgehead atoms. The summed E-state index contributed by atoms with van der Waals surface area (Å²) in [5, 5.41) is 17.6. The molecule has 1 amide bonds. The average Bonchev–Trinajstić information content (AvgIpc) is 3.13. The fourth-order valence-electron chi connectivity index (χ4n) is 2.77. The first-order valence-corrected chi connectivity index (χ1v) is 9.00. The van der Waals surface area contributed by atoms with E-state index in [4.69, 9.17) is 0 Å². The van der Waals surface area contributed by atoms with Gasteiger partial charge in [0.25, 0.3) is 0 Å². The van der Waals surface area contributed by atoms with Gasteiger partial charge in [-0.2, -0.15) is 5.10 Å². The van der Waals surface area contributed by atoms with Crippen LogP contribution < -0.4 is 5.32 Å². The number of hydrogen-bond acceptors (Lipinski definition) is 4. The van der Waals surface area contributed by atoms with Crippen molar-refractivity contribution in [2.45, 2.75) is 58.5 Å². The number of carbonyl (C=O) groups excluding carboxylic acids is 1. The fraction of sp³-hybridized carbons (Fsp3) is 0.474. The van der Waals surface area contributed by atoms with Crippen molar-refractivity contribution >= 4 is 11.6 Å². The van der Waals surface area contributed by atoms with Crippen LogP contribution in [0, 0.1) is 10.1 Å². The Balaban J connectivity index is 1.91. The third-order valence-corrected chi connectivity index (χ3v) is 4.66. The highest BCUT2D eigenvalue weighted by Crippen LogP contribution is 2.22. The molecule has 0 saturated carbocycles. The normalized spacial score (nSPS) is 13.2. The predicted molar refractivity (Wildman–Crippen MR) is 99.8 cm³/mol. The number of nitro groups is 1. The quantitative estimate of drug-likeness (QED) is 0.542. The first-order chi connectivity index (χ1) is 12.4. The van der Waals surface area contributed by atoms with Gasteiger partial charge in [-0.25, -0.2) is 0 Å². The van der Waals surface area contributed by atoms with Crippen molar-refractivity contribution in [3.8, 4) is 0 Å². The van der Waals surface area contributed by atoms with E-state index < -0.39 is 4.92 Å². The minimum Gasteiger partial charge on any atom is -0.349 e.